The smallest absolute Gasteiger partial charge is 0.319 e. The van der Waals surface area contributed by atoms with Crippen LogP contribution in [0.2, 0.25) is 0 Å². The zero-order valence-electron chi connectivity index (χ0n) is 14.7. The van der Waals surface area contributed by atoms with Crippen molar-refractivity contribution in [2.75, 3.05) is 18.5 Å². The topological polar surface area (TPSA) is 78.7 Å². The van der Waals surface area contributed by atoms with Crippen molar-refractivity contribution < 1.29 is 14.3 Å². The van der Waals surface area contributed by atoms with Crippen molar-refractivity contribution in [1.82, 2.24) is 14.7 Å². The maximum absolute atomic E-state index is 12.1. The number of carbonyl (C=O) groups excluding carboxylic acids is 1. The van der Waals surface area contributed by atoms with E-state index in [1.165, 1.54) is 0 Å². The highest BCUT2D eigenvalue weighted by Crippen LogP contribution is 2.26. The summed E-state index contributed by atoms with van der Waals surface area (Å²) < 4.78 is 14.0. The van der Waals surface area contributed by atoms with Gasteiger partial charge in [-0.25, -0.2) is 14.2 Å². The van der Waals surface area contributed by atoms with Crippen molar-refractivity contribution >= 4 is 17.4 Å². The molecule has 6 nitrogen and oxygen atoms in total. The number of nitrogens with one attached hydrogen (secondary N) is 2. The Bertz CT molecular complexity index is 931. The molecule has 3 N–H and O–H groups in total. The number of nitrogens with zero attached hydrogens (tertiary/aromatic N) is 2. The van der Waals surface area contributed by atoms with Crippen molar-refractivity contribution in [2.45, 2.75) is 19.4 Å². The van der Waals surface area contributed by atoms with Crippen LogP contribution in [0.4, 0.5) is 14.9 Å². The number of hydrogen-bond acceptors (Lipinski definition) is 3. The molecule has 2 amide bonds. The van der Waals surface area contributed by atoms with Crippen molar-refractivity contribution in [3.8, 4) is 11.3 Å². The first-order chi connectivity index (χ1) is 12.4. The van der Waals surface area contributed by atoms with Gasteiger partial charge < -0.3 is 15.7 Å². The average Bonchev–Trinajstić information content (AvgIpc) is 3.02. The number of carbonyl (C=O) groups is 1. The molecule has 0 aliphatic heterocycles. The largest absolute Gasteiger partial charge is 0.386 e. The lowest BCUT2D eigenvalue weighted by molar-refractivity contribution is 0.0786. The highest BCUT2D eigenvalue weighted by molar-refractivity contribution is 5.90. The standard InChI is InChI=1S/C19H21FN4O2/c1-19(2,26)14-6-9-24-16(12-22-17(24)11-14)13-4-3-5-15(10-13)23-18(25)21-8-7-20/h3-6,9-12,26H,7-8H2,1-2H3,(H2,21,23,25). The summed E-state index contributed by atoms with van der Waals surface area (Å²) in [5.41, 5.74) is 2.89. The fourth-order valence-corrected chi connectivity index (χ4v) is 2.67. The van der Waals surface area contributed by atoms with E-state index < -0.39 is 18.3 Å². The minimum Gasteiger partial charge on any atom is -0.386 e. The highest BCUT2D eigenvalue weighted by atomic mass is 19.1. The summed E-state index contributed by atoms with van der Waals surface area (Å²) in [6.45, 7) is 2.82. The molecule has 0 atom stereocenters. The normalized spacial score (nSPS) is 11.5. The molecule has 26 heavy (non-hydrogen) atoms. The van der Waals surface area contributed by atoms with E-state index >= 15 is 0 Å². The van der Waals surface area contributed by atoms with Gasteiger partial charge in [0.05, 0.1) is 17.5 Å². The second kappa shape index (κ2) is 7.13. The van der Waals surface area contributed by atoms with E-state index in [0.29, 0.717) is 5.69 Å². The van der Waals surface area contributed by atoms with E-state index in [-0.39, 0.29) is 6.54 Å². The number of rotatable bonds is 5. The quantitative estimate of drug-likeness (QED) is 0.656. The molecule has 3 aromatic rings. The van der Waals surface area contributed by atoms with Crippen LogP contribution in [0.5, 0.6) is 0 Å². The van der Waals surface area contributed by atoms with Gasteiger partial charge in [-0.1, -0.05) is 12.1 Å². The summed E-state index contributed by atoms with van der Waals surface area (Å²) in [6.07, 6.45) is 3.60. The van der Waals surface area contributed by atoms with Crippen molar-refractivity contribution in [1.29, 1.82) is 0 Å². The maximum atomic E-state index is 12.1. The second-order valence-corrected chi connectivity index (χ2v) is 6.50. The number of anilines is 1. The lowest BCUT2D eigenvalue weighted by Gasteiger charge is -2.17. The number of fused-ring (bicyclic) bond motifs is 1. The minimum absolute atomic E-state index is 0.0255. The minimum atomic E-state index is -0.940. The Labute approximate surface area is 150 Å². The van der Waals surface area contributed by atoms with Crippen LogP contribution in [0.3, 0.4) is 0 Å². The Morgan fingerprint density at radius 1 is 1.31 bits per heavy atom. The number of imidazole rings is 1. The molecule has 0 aliphatic rings. The molecule has 0 aliphatic carbocycles. The summed E-state index contributed by atoms with van der Waals surface area (Å²) >= 11 is 0. The summed E-state index contributed by atoms with van der Waals surface area (Å²) in [4.78, 5) is 16.1. The molecule has 0 saturated heterocycles. The third-order valence-corrected chi connectivity index (χ3v) is 4.02. The number of amides is 2. The Kier molecular flexibility index (Phi) is 4.90. The third-order valence-electron chi connectivity index (χ3n) is 4.02. The predicted octanol–water partition coefficient (Wildman–Crippen LogP) is 3.32. The summed E-state index contributed by atoms with van der Waals surface area (Å²) in [5.74, 6) is 0. The zero-order valence-corrected chi connectivity index (χ0v) is 14.7. The molecule has 0 radical (unpaired) electrons. The van der Waals surface area contributed by atoms with Crippen LogP contribution >= 0.6 is 0 Å². The first kappa shape index (κ1) is 17.9. The maximum Gasteiger partial charge on any atom is 0.319 e. The Morgan fingerprint density at radius 2 is 2.12 bits per heavy atom. The molecular weight excluding hydrogens is 335 g/mol. The van der Waals surface area contributed by atoms with Gasteiger partial charge in [0.15, 0.2) is 0 Å². The number of pyridine rings is 1. The molecule has 0 saturated carbocycles. The molecule has 136 valence electrons. The first-order valence-corrected chi connectivity index (χ1v) is 8.30. The van der Waals surface area contributed by atoms with E-state index in [1.54, 1.807) is 26.1 Å². The number of benzene rings is 1. The summed E-state index contributed by atoms with van der Waals surface area (Å²) in [7, 11) is 0. The van der Waals surface area contributed by atoms with Crippen LogP contribution in [0, 0.1) is 0 Å². The fourth-order valence-electron chi connectivity index (χ4n) is 2.67. The lowest BCUT2D eigenvalue weighted by Crippen LogP contribution is -2.30. The number of halogens is 1. The van der Waals surface area contributed by atoms with Gasteiger partial charge in [-0.15, -0.1) is 0 Å². The Morgan fingerprint density at radius 3 is 2.85 bits per heavy atom. The number of urea groups is 1. The van der Waals surface area contributed by atoms with Crippen molar-refractivity contribution in [3.63, 3.8) is 0 Å². The Hall–Kier alpha value is -2.93. The van der Waals surface area contributed by atoms with Gasteiger partial charge in [-0.3, -0.25) is 4.40 Å². The first-order valence-electron chi connectivity index (χ1n) is 8.30. The molecule has 0 bridgehead atoms. The molecule has 1 aromatic carbocycles. The SMILES string of the molecule is CC(C)(O)c1ccn2c(-c3cccc(NC(=O)NCCF)c3)cnc2c1. The molecule has 0 unspecified atom stereocenters. The second-order valence-electron chi connectivity index (χ2n) is 6.50. The van der Waals surface area contributed by atoms with Crippen LogP contribution in [-0.4, -0.2) is 33.7 Å². The van der Waals surface area contributed by atoms with Gasteiger partial charge in [0.2, 0.25) is 0 Å². The van der Waals surface area contributed by atoms with Gasteiger partial charge in [0, 0.05) is 24.0 Å². The molecule has 2 aromatic heterocycles. The molecule has 0 spiro atoms. The molecule has 0 fully saturated rings. The zero-order chi connectivity index (χ0) is 18.7. The van der Waals surface area contributed by atoms with Crippen LogP contribution in [0.25, 0.3) is 16.9 Å². The molecule has 7 heteroatoms. The summed E-state index contributed by atoms with van der Waals surface area (Å²) in [5, 5.41) is 15.2. The van der Waals surface area contributed by atoms with E-state index in [4.69, 9.17) is 0 Å². The number of hydrogen-bond donors (Lipinski definition) is 3. The van der Waals surface area contributed by atoms with Crippen molar-refractivity contribution in [3.05, 3.63) is 54.4 Å². The van der Waals surface area contributed by atoms with E-state index in [1.807, 2.05) is 40.9 Å². The number of alkyl halides is 1. The van der Waals surface area contributed by atoms with Gasteiger partial charge in [0.1, 0.15) is 12.3 Å². The van der Waals surface area contributed by atoms with E-state index in [9.17, 15) is 14.3 Å². The van der Waals surface area contributed by atoms with Gasteiger partial charge in [-0.2, -0.15) is 0 Å². The van der Waals surface area contributed by atoms with Crippen molar-refractivity contribution in [2.24, 2.45) is 0 Å². The number of aliphatic hydroxyl groups is 1. The molecule has 3 rings (SSSR count). The fraction of sp³-hybridized carbons (Fsp3) is 0.263. The van der Waals surface area contributed by atoms with Crippen LogP contribution in [-0.2, 0) is 5.60 Å². The van der Waals surface area contributed by atoms with Crippen LogP contribution in [0.1, 0.15) is 19.4 Å². The number of aromatic nitrogens is 2. The predicted molar refractivity (Wildman–Crippen MR) is 98.9 cm³/mol. The lowest BCUT2D eigenvalue weighted by atomic mass is 10.00. The van der Waals surface area contributed by atoms with Gasteiger partial charge in [-0.05, 0) is 43.7 Å². The van der Waals surface area contributed by atoms with Gasteiger partial charge >= 0.3 is 6.03 Å². The average molecular weight is 356 g/mol. The highest BCUT2D eigenvalue weighted by Gasteiger charge is 2.17. The Balaban J connectivity index is 1.90. The van der Waals surface area contributed by atoms with E-state index in [2.05, 4.69) is 15.6 Å². The van der Waals surface area contributed by atoms with E-state index in [0.717, 1.165) is 22.5 Å². The van der Waals surface area contributed by atoms with Crippen LogP contribution in [0.15, 0.2) is 48.8 Å². The molecular formula is C19H21FN4O2. The monoisotopic (exact) mass is 356 g/mol. The molecule has 2 heterocycles. The summed E-state index contributed by atoms with van der Waals surface area (Å²) in [6, 6.07) is 10.6. The third kappa shape index (κ3) is 3.83. The van der Waals surface area contributed by atoms with Crippen LogP contribution < -0.4 is 10.6 Å². The van der Waals surface area contributed by atoms with Gasteiger partial charge in [0.25, 0.3) is 0 Å².